The lowest BCUT2D eigenvalue weighted by Crippen LogP contribution is -1.99. The molecule has 0 unspecified atom stereocenters. The van der Waals surface area contributed by atoms with E-state index in [-0.39, 0.29) is 22.1 Å². The van der Waals surface area contributed by atoms with Crippen LogP contribution in [0.4, 0.5) is 4.39 Å². The largest absolute Gasteiger partial charge is 0.478 e. The highest BCUT2D eigenvalue weighted by atomic mass is 35.5. The molecule has 0 aliphatic rings. The van der Waals surface area contributed by atoms with Crippen molar-refractivity contribution in [2.24, 2.45) is 0 Å². The van der Waals surface area contributed by atoms with Crippen LogP contribution in [0, 0.1) is 5.82 Å². The molecule has 0 spiro atoms. The first-order chi connectivity index (χ1) is 8.58. The van der Waals surface area contributed by atoms with Crippen LogP contribution in [0.15, 0.2) is 42.5 Å². The summed E-state index contributed by atoms with van der Waals surface area (Å²) in [5.74, 6) is -1.21. The third-order valence-corrected chi connectivity index (χ3v) is 2.53. The van der Waals surface area contributed by atoms with Crippen molar-refractivity contribution in [2.45, 2.75) is 0 Å². The minimum atomic E-state index is -1.10. The number of halogens is 2. The van der Waals surface area contributed by atoms with Gasteiger partial charge in [-0.2, -0.15) is 0 Å². The number of carboxylic acid groups (broad SMARTS) is 1. The SMILES string of the molecule is O=C(O)c1ccccc1Oc1ccc(F)c(Cl)c1. The zero-order valence-electron chi connectivity index (χ0n) is 9.06. The van der Waals surface area contributed by atoms with Crippen LogP contribution in [0.1, 0.15) is 10.4 Å². The molecular formula is C13H8ClFO3. The zero-order chi connectivity index (χ0) is 13.1. The lowest BCUT2D eigenvalue weighted by molar-refractivity contribution is 0.0694. The predicted molar refractivity (Wildman–Crippen MR) is 64.9 cm³/mol. The molecule has 0 aliphatic heterocycles. The number of carboxylic acids is 1. The summed E-state index contributed by atoms with van der Waals surface area (Å²) in [5.41, 5.74) is 0.0259. The van der Waals surface area contributed by atoms with E-state index in [4.69, 9.17) is 21.4 Å². The van der Waals surface area contributed by atoms with Gasteiger partial charge in [0.2, 0.25) is 0 Å². The smallest absolute Gasteiger partial charge is 0.339 e. The van der Waals surface area contributed by atoms with E-state index in [9.17, 15) is 9.18 Å². The summed E-state index contributed by atoms with van der Waals surface area (Å²) in [5, 5.41) is 8.89. The molecule has 0 atom stereocenters. The molecule has 92 valence electrons. The van der Waals surface area contributed by atoms with Gasteiger partial charge >= 0.3 is 5.97 Å². The van der Waals surface area contributed by atoms with E-state index in [1.807, 2.05) is 0 Å². The van der Waals surface area contributed by atoms with Crippen LogP contribution in [-0.4, -0.2) is 11.1 Å². The number of para-hydroxylation sites is 1. The highest BCUT2D eigenvalue weighted by molar-refractivity contribution is 6.30. The second-order valence-corrected chi connectivity index (χ2v) is 3.89. The van der Waals surface area contributed by atoms with E-state index in [2.05, 4.69) is 0 Å². The van der Waals surface area contributed by atoms with Gasteiger partial charge in [-0.3, -0.25) is 0 Å². The number of carbonyl (C=O) groups is 1. The van der Waals surface area contributed by atoms with Crippen molar-refractivity contribution in [3.8, 4) is 11.5 Å². The Kier molecular flexibility index (Phi) is 3.48. The maximum Gasteiger partial charge on any atom is 0.339 e. The topological polar surface area (TPSA) is 46.5 Å². The Morgan fingerprint density at radius 2 is 1.94 bits per heavy atom. The van der Waals surface area contributed by atoms with Crippen LogP contribution in [-0.2, 0) is 0 Å². The van der Waals surface area contributed by atoms with Crippen LogP contribution in [0.5, 0.6) is 11.5 Å². The lowest BCUT2D eigenvalue weighted by atomic mass is 10.2. The van der Waals surface area contributed by atoms with Crippen LogP contribution < -0.4 is 4.74 Å². The van der Waals surface area contributed by atoms with Crippen LogP contribution in [0.3, 0.4) is 0 Å². The van der Waals surface area contributed by atoms with Gasteiger partial charge in [0, 0.05) is 6.07 Å². The number of aromatic carboxylic acids is 1. The van der Waals surface area contributed by atoms with Gasteiger partial charge in [0.25, 0.3) is 0 Å². The third-order valence-electron chi connectivity index (χ3n) is 2.24. The van der Waals surface area contributed by atoms with E-state index in [1.165, 1.54) is 24.3 Å². The molecule has 0 heterocycles. The molecule has 1 N–H and O–H groups in total. The second kappa shape index (κ2) is 5.06. The van der Waals surface area contributed by atoms with Gasteiger partial charge < -0.3 is 9.84 Å². The van der Waals surface area contributed by atoms with Gasteiger partial charge in [-0.15, -0.1) is 0 Å². The highest BCUT2D eigenvalue weighted by Crippen LogP contribution is 2.28. The summed E-state index contributed by atoms with van der Waals surface area (Å²) in [6, 6.07) is 9.99. The number of benzene rings is 2. The first-order valence-electron chi connectivity index (χ1n) is 5.03. The molecule has 0 aromatic heterocycles. The van der Waals surface area contributed by atoms with Crippen LogP contribution >= 0.6 is 11.6 Å². The number of hydrogen-bond acceptors (Lipinski definition) is 2. The Hall–Kier alpha value is -2.07. The summed E-state index contributed by atoms with van der Waals surface area (Å²) in [7, 11) is 0. The Balaban J connectivity index is 2.34. The van der Waals surface area contributed by atoms with E-state index in [0.717, 1.165) is 6.07 Å². The van der Waals surface area contributed by atoms with Gasteiger partial charge in [-0.1, -0.05) is 23.7 Å². The van der Waals surface area contributed by atoms with Crippen LogP contribution in [0.2, 0.25) is 5.02 Å². The van der Waals surface area contributed by atoms with Crippen molar-refractivity contribution in [2.75, 3.05) is 0 Å². The van der Waals surface area contributed by atoms with Crippen molar-refractivity contribution >= 4 is 17.6 Å². The zero-order valence-corrected chi connectivity index (χ0v) is 9.82. The van der Waals surface area contributed by atoms with E-state index in [1.54, 1.807) is 12.1 Å². The molecule has 0 amide bonds. The molecule has 3 nitrogen and oxygen atoms in total. The summed E-state index contributed by atoms with van der Waals surface area (Å²) >= 11 is 5.61. The van der Waals surface area contributed by atoms with Gasteiger partial charge in [0.15, 0.2) is 0 Å². The second-order valence-electron chi connectivity index (χ2n) is 3.48. The number of ether oxygens (including phenoxy) is 1. The molecular weight excluding hydrogens is 259 g/mol. The summed E-state index contributed by atoms with van der Waals surface area (Å²) in [6.07, 6.45) is 0. The molecule has 0 saturated heterocycles. The predicted octanol–water partition coefficient (Wildman–Crippen LogP) is 3.97. The minimum absolute atomic E-state index is 0.0259. The Labute approximate surface area is 107 Å². The van der Waals surface area contributed by atoms with Crippen molar-refractivity contribution in [3.05, 3.63) is 58.9 Å². The first-order valence-corrected chi connectivity index (χ1v) is 5.41. The maximum atomic E-state index is 13.0. The van der Waals surface area contributed by atoms with Crippen LogP contribution in [0.25, 0.3) is 0 Å². The molecule has 5 heteroatoms. The molecule has 0 radical (unpaired) electrons. The molecule has 0 bridgehead atoms. The quantitative estimate of drug-likeness (QED) is 0.914. The average Bonchev–Trinajstić information content (AvgIpc) is 2.34. The van der Waals surface area contributed by atoms with Gasteiger partial charge in [0.05, 0.1) is 5.02 Å². The Bertz CT molecular complexity index is 599. The minimum Gasteiger partial charge on any atom is -0.478 e. The van der Waals surface area contributed by atoms with Crippen molar-refractivity contribution in [3.63, 3.8) is 0 Å². The van der Waals surface area contributed by atoms with Gasteiger partial charge in [-0.05, 0) is 24.3 Å². The lowest BCUT2D eigenvalue weighted by Gasteiger charge is -2.08. The summed E-state index contributed by atoms with van der Waals surface area (Å²) in [6.45, 7) is 0. The average molecular weight is 267 g/mol. The molecule has 0 aliphatic carbocycles. The molecule has 2 rings (SSSR count). The van der Waals surface area contributed by atoms with Gasteiger partial charge in [0.1, 0.15) is 22.9 Å². The Morgan fingerprint density at radius 1 is 1.22 bits per heavy atom. The molecule has 2 aromatic carbocycles. The maximum absolute atomic E-state index is 13.0. The fraction of sp³-hybridized carbons (Fsp3) is 0. The number of rotatable bonds is 3. The summed E-state index contributed by atoms with van der Waals surface area (Å²) in [4.78, 5) is 11.0. The van der Waals surface area contributed by atoms with Crippen molar-refractivity contribution < 1.29 is 19.0 Å². The Morgan fingerprint density at radius 3 is 2.61 bits per heavy atom. The van der Waals surface area contributed by atoms with E-state index in [0.29, 0.717) is 0 Å². The number of hydrogen-bond donors (Lipinski definition) is 1. The van der Waals surface area contributed by atoms with Crippen molar-refractivity contribution in [1.82, 2.24) is 0 Å². The van der Waals surface area contributed by atoms with Crippen molar-refractivity contribution in [1.29, 1.82) is 0 Å². The highest BCUT2D eigenvalue weighted by Gasteiger charge is 2.11. The van der Waals surface area contributed by atoms with Gasteiger partial charge in [-0.25, -0.2) is 9.18 Å². The van der Waals surface area contributed by atoms with E-state index >= 15 is 0 Å². The molecule has 0 fully saturated rings. The monoisotopic (exact) mass is 266 g/mol. The first kappa shape index (κ1) is 12.4. The molecule has 18 heavy (non-hydrogen) atoms. The fourth-order valence-electron chi connectivity index (χ4n) is 1.40. The van der Waals surface area contributed by atoms with E-state index < -0.39 is 11.8 Å². The summed E-state index contributed by atoms with van der Waals surface area (Å²) < 4.78 is 18.3. The molecule has 0 saturated carbocycles. The standard InChI is InChI=1S/C13H8ClFO3/c14-10-7-8(5-6-11(10)15)18-12-4-2-1-3-9(12)13(16)17/h1-7H,(H,16,17). The molecule has 2 aromatic rings. The fourth-order valence-corrected chi connectivity index (χ4v) is 1.57. The third kappa shape index (κ3) is 2.60. The normalized spacial score (nSPS) is 10.1.